The van der Waals surface area contributed by atoms with Gasteiger partial charge in [-0.05, 0) is 50.6 Å². The number of aliphatic carboxylic acids is 2. The second-order valence-electron chi connectivity index (χ2n) is 10.3. The summed E-state index contributed by atoms with van der Waals surface area (Å²) >= 11 is 0. The molecule has 0 saturated heterocycles. The van der Waals surface area contributed by atoms with Crippen molar-refractivity contribution in [3.8, 4) is 5.75 Å². The number of benzene rings is 1. The average molecular weight is 574 g/mol. The van der Waals surface area contributed by atoms with Gasteiger partial charge in [0.2, 0.25) is 5.78 Å². The second-order valence-corrected chi connectivity index (χ2v) is 10.3. The number of likely N-dealkylation sites (N-methyl/N-ethyl adjacent to an activating group) is 1. The molecule has 0 radical (unpaired) electrons. The number of carbonyl (C=O) groups excluding carboxylic acids is 3. The lowest BCUT2D eigenvalue weighted by atomic mass is 9.57. The third-order valence-electron chi connectivity index (χ3n) is 7.43. The Morgan fingerprint density at radius 2 is 1.56 bits per heavy atom. The Labute approximate surface area is 233 Å². The number of aromatic hydroxyl groups is 1. The number of anilines is 1. The number of phenols is 1. The van der Waals surface area contributed by atoms with E-state index in [4.69, 9.17) is 15.9 Å². The third-order valence-corrected chi connectivity index (χ3v) is 7.43. The number of carboxylic acids is 2. The smallest absolute Gasteiger partial charge is 0.328 e. The number of aliphatic hydroxyl groups is 3. The fraction of sp³-hybridized carbons (Fsp3) is 0.370. The first-order valence-corrected chi connectivity index (χ1v) is 12.3. The lowest BCUT2D eigenvalue weighted by molar-refractivity contribution is -0.153. The van der Waals surface area contributed by atoms with Crippen LogP contribution in [0.4, 0.5) is 5.69 Å². The summed E-state index contributed by atoms with van der Waals surface area (Å²) in [6.07, 6.45) is 1.44. The normalized spacial score (nSPS) is 25.3. The summed E-state index contributed by atoms with van der Waals surface area (Å²) in [6, 6.07) is 2.01. The van der Waals surface area contributed by atoms with Crippen LogP contribution >= 0.6 is 0 Å². The summed E-state index contributed by atoms with van der Waals surface area (Å²) in [7, 11) is 6.75. The molecule has 1 amide bonds. The van der Waals surface area contributed by atoms with Gasteiger partial charge in [0.05, 0.1) is 11.6 Å². The van der Waals surface area contributed by atoms with Gasteiger partial charge in [-0.2, -0.15) is 0 Å². The molecule has 3 aliphatic rings. The maximum absolute atomic E-state index is 13.7. The number of fused-ring (bicyclic) bond motifs is 3. The highest BCUT2D eigenvalue weighted by Crippen LogP contribution is 2.53. The maximum Gasteiger partial charge on any atom is 0.328 e. The van der Waals surface area contributed by atoms with Crippen LogP contribution in [0.2, 0.25) is 0 Å². The van der Waals surface area contributed by atoms with Crippen molar-refractivity contribution in [2.45, 2.75) is 24.5 Å². The van der Waals surface area contributed by atoms with Gasteiger partial charge in [0, 0.05) is 43.4 Å². The maximum atomic E-state index is 13.7. The van der Waals surface area contributed by atoms with Gasteiger partial charge in [0.15, 0.2) is 11.4 Å². The van der Waals surface area contributed by atoms with Crippen LogP contribution in [0.25, 0.3) is 5.76 Å². The van der Waals surface area contributed by atoms with E-state index >= 15 is 0 Å². The Balaban J connectivity index is 0.000000507. The van der Waals surface area contributed by atoms with Crippen LogP contribution in [0, 0.1) is 11.8 Å². The van der Waals surface area contributed by atoms with Gasteiger partial charge in [0.25, 0.3) is 5.91 Å². The molecule has 14 nitrogen and oxygen atoms in total. The van der Waals surface area contributed by atoms with Crippen LogP contribution < -0.4 is 10.6 Å². The van der Waals surface area contributed by atoms with Gasteiger partial charge >= 0.3 is 11.9 Å². The minimum Gasteiger partial charge on any atom is -0.508 e. The van der Waals surface area contributed by atoms with Crippen LogP contribution in [-0.2, 0) is 30.4 Å². The van der Waals surface area contributed by atoms with Crippen molar-refractivity contribution in [3.63, 3.8) is 0 Å². The standard InChI is InChI=1S/C23H27N3O7.C4H4O4/c1-25(2)12-5-6-13(27)15-10(12)7-9-8-11-17(26(3)4)19(29)16(22(24)32)21(31)23(11,33)20(30)14(9)18(15)28;5-3(6)1-2-4(7)8/h5-6,9,11,17,27-28,31,33H,7-8H2,1-4H3,(H2,24,32);1-2H,(H,5,6)(H,7,8)/t9-,11+,17-,23-;/m0./s1. The number of hydrogen-bond acceptors (Lipinski definition) is 11. The van der Waals surface area contributed by atoms with Crippen molar-refractivity contribution in [2.24, 2.45) is 17.6 Å². The molecule has 4 rings (SSSR count). The highest BCUT2D eigenvalue weighted by Gasteiger charge is 2.64. The molecule has 1 aromatic rings. The first-order chi connectivity index (χ1) is 19.0. The molecular weight excluding hydrogens is 542 g/mol. The minimum atomic E-state index is -2.63. The predicted octanol–water partition coefficient (Wildman–Crippen LogP) is -0.258. The van der Waals surface area contributed by atoms with Crippen molar-refractivity contribution in [1.82, 2.24) is 4.90 Å². The predicted molar refractivity (Wildman–Crippen MR) is 143 cm³/mol. The molecule has 3 aliphatic carbocycles. The van der Waals surface area contributed by atoms with E-state index in [0.717, 1.165) is 5.69 Å². The molecule has 220 valence electrons. The van der Waals surface area contributed by atoms with Crippen LogP contribution in [0.15, 0.2) is 41.2 Å². The van der Waals surface area contributed by atoms with E-state index in [1.165, 1.54) is 11.0 Å². The van der Waals surface area contributed by atoms with Crippen LogP contribution in [0.5, 0.6) is 5.75 Å². The Kier molecular flexibility index (Phi) is 8.32. The molecule has 0 aliphatic heterocycles. The minimum absolute atomic E-state index is 0.0638. The number of hydrogen-bond donors (Lipinski definition) is 7. The van der Waals surface area contributed by atoms with E-state index in [1.807, 2.05) is 19.0 Å². The molecule has 8 N–H and O–H groups in total. The Bertz CT molecular complexity index is 1420. The number of Topliss-reactive ketones (excluding diaryl/α,β-unsaturated/α-hetero) is 2. The number of nitrogens with two attached hydrogens (primary N) is 1. The van der Waals surface area contributed by atoms with Crippen LogP contribution in [0.1, 0.15) is 17.5 Å². The molecule has 14 heteroatoms. The first-order valence-electron chi connectivity index (χ1n) is 12.3. The van der Waals surface area contributed by atoms with Crippen LogP contribution in [-0.4, -0.2) is 105 Å². The summed E-state index contributed by atoms with van der Waals surface area (Å²) in [5.41, 5.74) is 3.15. The van der Waals surface area contributed by atoms with Gasteiger partial charge in [-0.25, -0.2) is 9.59 Å². The quantitative estimate of drug-likeness (QED) is 0.178. The zero-order valence-corrected chi connectivity index (χ0v) is 22.7. The van der Waals surface area contributed by atoms with E-state index in [2.05, 4.69) is 0 Å². The SMILES string of the molecule is CN(C)c1ccc(O)c2c1C[C@H]1C[C@@H]3[C@H](N(C)C)C(=O)C(C(N)=O)=C(O)[C@@]3(O)C(=O)C1=C2O.O=C(O)C=CC(=O)O. The average Bonchev–Trinajstić information content (AvgIpc) is 2.84. The number of ketones is 2. The molecule has 0 aromatic heterocycles. The number of primary amides is 1. The highest BCUT2D eigenvalue weighted by atomic mass is 16.4. The zero-order valence-electron chi connectivity index (χ0n) is 22.7. The zero-order chi connectivity index (χ0) is 31.1. The lowest BCUT2D eigenvalue weighted by Crippen LogP contribution is -2.65. The Hall–Kier alpha value is -4.69. The van der Waals surface area contributed by atoms with Gasteiger partial charge in [-0.1, -0.05) is 0 Å². The molecule has 1 fully saturated rings. The molecule has 1 saturated carbocycles. The van der Waals surface area contributed by atoms with Gasteiger partial charge in [0.1, 0.15) is 22.8 Å². The molecule has 0 heterocycles. The van der Waals surface area contributed by atoms with Crippen molar-refractivity contribution in [3.05, 3.63) is 52.3 Å². The van der Waals surface area contributed by atoms with E-state index in [0.29, 0.717) is 17.7 Å². The van der Waals surface area contributed by atoms with E-state index in [1.54, 1.807) is 20.2 Å². The van der Waals surface area contributed by atoms with E-state index in [9.17, 15) is 44.4 Å². The van der Waals surface area contributed by atoms with Crippen molar-refractivity contribution >= 4 is 40.9 Å². The number of aliphatic hydroxyl groups excluding tert-OH is 2. The van der Waals surface area contributed by atoms with Gasteiger partial charge in [-0.15, -0.1) is 0 Å². The number of phenolic OH excluding ortho intramolecular Hbond substituents is 1. The highest BCUT2D eigenvalue weighted by molar-refractivity contribution is 6.24. The van der Waals surface area contributed by atoms with Gasteiger partial charge < -0.3 is 41.3 Å². The topological polar surface area (TPSA) is 239 Å². The second kappa shape index (κ2) is 11.1. The van der Waals surface area contributed by atoms with E-state index < -0.39 is 70.0 Å². The number of carboxylic acid groups (broad SMARTS) is 2. The molecule has 1 aromatic carbocycles. The fourth-order valence-corrected chi connectivity index (χ4v) is 5.79. The number of carbonyl (C=O) groups is 5. The molecule has 0 unspecified atom stereocenters. The third kappa shape index (κ3) is 5.14. The molecule has 4 atom stereocenters. The number of amides is 1. The summed E-state index contributed by atoms with van der Waals surface area (Å²) in [5, 5.41) is 59.5. The molecule has 0 bridgehead atoms. The number of rotatable bonds is 5. The van der Waals surface area contributed by atoms with Gasteiger partial charge in [-0.3, -0.25) is 19.3 Å². The summed E-state index contributed by atoms with van der Waals surface area (Å²) < 4.78 is 0. The Morgan fingerprint density at radius 3 is 2.02 bits per heavy atom. The summed E-state index contributed by atoms with van der Waals surface area (Å²) in [4.78, 5) is 61.1. The van der Waals surface area contributed by atoms with Crippen molar-refractivity contribution < 1.29 is 54.6 Å². The lowest BCUT2D eigenvalue weighted by Gasteiger charge is -2.50. The van der Waals surface area contributed by atoms with Crippen molar-refractivity contribution in [2.75, 3.05) is 33.1 Å². The monoisotopic (exact) mass is 573 g/mol. The van der Waals surface area contributed by atoms with Crippen molar-refractivity contribution in [1.29, 1.82) is 0 Å². The molecular formula is C27H31N3O11. The summed E-state index contributed by atoms with van der Waals surface area (Å²) in [5.74, 6) is -9.05. The first kappa shape index (κ1) is 30.8. The fourth-order valence-electron chi connectivity index (χ4n) is 5.79. The summed E-state index contributed by atoms with van der Waals surface area (Å²) in [6.45, 7) is 0. The Morgan fingerprint density at radius 1 is 1.00 bits per heavy atom. The molecule has 0 spiro atoms. The van der Waals surface area contributed by atoms with Crippen LogP contribution in [0.3, 0.4) is 0 Å². The molecule has 41 heavy (non-hydrogen) atoms. The van der Waals surface area contributed by atoms with E-state index in [-0.39, 0.29) is 29.7 Å². The number of nitrogens with zero attached hydrogens (tertiary/aromatic N) is 2. The largest absolute Gasteiger partial charge is 0.508 e.